The van der Waals surface area contributed by atoms with Gasteiger partial charge in [-0.2, -0.15) is 0 Å². The van der Waals surface area contributed by atoms with Crippen molar-refractivity contribution < 1.29 is 122 Å². The molecule has 0 aliphatic carbocycles. The van der Waals surface area contributed by atoms with Crippen molar-refractivity contribution in [2.24, 2.45) is 0 Å². The number of ether oxygens (including phenoxy) is 8. The third-order valence-electron chi connectivity index (χ3n) is 6.54. The number of hydrogen-bond donors (Lipinski definition) is 1. The van der Waals surface area contributed by atoms with Gasteiger partial charge in [0.25, 0.3) is 0 Å². The van der Waals surface area contributed by atoms with Crippen molar-refractivity contribution >= 4 is 5.97 Å². The van der Waals surface area contributed by atoms with Crippen LogP contribution < -0.4 is 78.7 Å². The van der Waals surface area contributed by atoms with Crippen LogP contribution in [-0.2, 0) is 39.6 Å². The molecule has 0 heterocycles. The van der Waals surface area contributed by atoms with E-state index in [1.807, 2.05) is 6.07 Å². The molecule has 1 N–H and O–H groups in total. The molecule has 1 aromatic rings. The minimum atomic E-state index is -1.23. The fraction of sp³-hybridized carbons (Fsp3) is 0.788. The van der Waals surface area contributed by atoms with E-state index in [1.54, 1.807) is 12.1 Å². The van der Waals surface area contributed by atoms with E-state index in [9.17, 15) is 9.90 Å². The number of aryl methyl sites for hydroxylation is 1. The number of benzene rings is 1. The van der Waals surface area contributed by atoms with Crippen LogP contribution in [0.15, 0.2) is 18.2 Å². The van der Waals surface area contributed by atoms with E-state index < -0.39 is 5.97 Å². The van der Waals surface area contributed by atoms with Crippen molar-refractivity contribution in [2.45, 2.75) is 64.7 Å². The van der Waals surface area contributed by atoms with Gasteiger partial charge in [0.1, 0.15) is 12.4 Å². The number of aliphatic hydroxyl groups is 1. The Morgan fingerprint density at radius 3 is 1.42 bits per heavy atom. The van der Waals surface area contributed by atoms with Crippen molar-refractivity contribution in [1.29, 1.82) is 0 Å². The number of hydrogen-bond acceptors (Lipinski definition) is 11. The van der Waals surface area contributed by atoms with Crippen molar-refractivity contribution in [1.82, 2.24) is 0 Å². The van der Waals surface area contributed by atoms with Crippen LogP contribution in [0.3, 0.4) is 0 Å². The van der Waals surface area contributed by atoms with Crippen LogP contribution in [0.25, 0.3) is 0 Å². The second-order valence-corrected chi connectivity index (χ2v) is 10.2. The summed E-state index contributed by atoms with van der Waals surface area (Å²) in [4.78, 5) is 11.6. The predicted octanol–water partition coefficient (Wildman–Crippen LogP) is 0.225. The van der Waals surface area contributed by atoms with Crippen LogP contribution in [0.4, 0.5) is 0 Å². The van der Waals surface area contributed by atoms with E-state index in [0.29, 0.717) is 98.2 Å². The predicted molar refractivity (Wildman–Crippen MR) is 165 cm³/mol. The van der Waals surface area contributed by atoms with Gasteiger partial charge in [-0.25, -0.2) is 0 Å². The molecule has 45 heavy (non-hydrogen) atoms. The van der Waals surface area contributed by atoms with Gasteiger partial charge in [0.05, 0.1) is 105 Å². The molecule has 0 saturated carbocycles. The maximum absolute atomic E-state index is 11.6. The molecule has 0 saturated heterocycles. The molecule has 0 spiro atoms. The second kappa shape index (κ2) is 35.5. The summed E-state index contributed by atoms with van der Waals surface area (Å²) in [5.74, 6) is -0.925. The molecule has 0 fully saturated rings. The Morgan fingerprint density at radius 2 is 1.00 bits per heavy atom. The topological polar surface area (TPSA) is 134 Å². The van der Waals surface area contributed by atoms with E-state index in [1.165, 1.54) is 38.5 Å². The largest absolute Gasteiger partial charge is 1.00 e. The Labute approximate surface area is 329 Å². The molecule has 0 unspecified atom stereocenters. The smallest absolute Gasteiger partial charge is 0.545 e. The first-order chi connectivity index (χ1) is 21.7. The van der Waals surface area contributed by atoms with Crippen LogP contribution in [0, 0.1) is 0 Å². The number of rotatable bonds is 34. The normalized spacial score (nSPS) is 11.1. The number of aliphatic hydroxyl groups excluding tert-OH is 1. The van der Waals surface area contributed by atoms with Crippen molar-refractivity contribution in [2.75, 3.05) is 106 Å². The number of aromatic carboxylic acids is 1. The Morgan fingerprint density at radius 1 is 0.600 bits per heavy atom. The molecule has 12 heteroatoms. The molecule has 0 amide bonds. The van der Waals surface area contributed by atoms with E-state index in [2.05, 4.69) is 6.92 Å². The molecule has 0 radical (unpaired) electrons. The van der Waals surface area contributed by atoms with Gasteiger partial charge in [0.15, 0.2) is 0 Å². The molecule has 0 aromatic heterocycles. The van der Waals surface area contributed by atoms with Gasteiger partial charge in [-0.05, 0) is 30.5 Å². The third kappa shape index (κ3) is 28.9. The van der Waals surface area contributed by atoms with Crippen molar-refractivity contribution in [3.05, 3.63) is 29.3 Å². The van der Waals surface area contributed by atoms with Gasteiger partial charge >= 0.3 is 68.9 Å². The Kier molecular flexibility index (Phi) is 35.7. The zero-order valence-corrected chi connectivity index (χ0v) is 34.2. The number of carbonyl (C=O) groups excluding carboxylic acids is 1. The molecule has 1 rings (SSSR count). The van der Waals surface area contributed by atoms with Crippen LogP contribution >= 0.6 is 0 Å². The molecular weight excluding hydrogens is 705 g/mol. The van der Waals surface area contributed by atoms with Crippen molar-refractivity contribution in [3.8, 4) is 5.75 Å². The summed E-state index contributed by atoms with van der Waals surface area (Å²) < 4.78 is 43.3. The summed E-state index contributed by atoms with van der Waals surface area (Å²) in [5.41, 5.74) is 1.08. The number of carbonyl (C=O) groups is 1. The van der Waals surface area contributed by atoms with E-state index in [0.717, 1.165) is 24.8 Å². The van der Waals surface area contributed by atoms with Gasteiger partial charge in [0, 0.05) is 5.56 Å². The summed E-state index contributed by atoms with van der Waals surface area (Å²) in [7, 11) is 0. The maximum Gasteiger partial charge on any atom is 1.00 e. The molecule has 1 aromatic carbocycles. The quantitative estimate of drug-likeness (QED) is 0.0968. The van der Waals surface area contributed by atoms with E-state index in [-0.39, 0.29) is 87.7 Å². The SMILES string of the molecule is CCCCCCCCCCc1ccc(OCCOCCOCCOCCOCCOCCOCCOCCO)c(C(=O)[O-])c1.[Cs+]. The first kappa shape index (κ1) is 45.2. The third-order valence-corrected chi connectivity index (χ3v) is 6.54. The Hall–Kier alpha value is 0.222. The van der Waals surface area contributed by atoms with Gasteiger partial charge in [0.2, 0.25) is 0 Å². The van der Waals surface area contributed by atoms with Gasteiger partial charge in [-0.1, -0.05) is 57.9 Å². The monoisotopic (exact) mass is 762 g/mol. The molecule has 0 atom stereocenters. The fourth-order valence-electron chi connectivity index (χ4n) is 4.18. The molecule has 0 aliphatic rings. The van der Waals surface area contributed by atoms with Crippen LogP contribution in [0.1, 0.15) is 74.2 Å². The summed E-state index contributed by atoms with van der Waals surface area (Å²) in [6.07, 6.45) is 10.8. The molecular formula is C33H57CsO11. The van der Waals surface area contributed by atoms with Gasteiger partial charge < -0.3 is 52.9 Å². The standard InChI is InChI=1S/C33H58O11.Cs/c1-2-3-4-5-6-7-8-9-10-30-11-12-32(31(29-30)33(35)36)44-28-27-43-26-25-42-24-23-41-22-21-40-20-19-39-18-17-38-16-15-37-14-13-34;/h11-12,29,34H,2-10,13-28H2,1H3,(H,35,36);/q;+1/p-1. The number of unbranched alkanes of at least 4 members (excludes halogenated alkanes) is 7. The zero-order chi connectivity index (χ0) is 31.8. The summed E-state index contributed by atoms with van der Waals surface area (Å²) in [5, 5.41) is 20.2. The molecule has 0 aliphatic heterocycles. The molecule has 0 bridgehead atoms. The van der Waals surface area contributed by atoms with E-state index >= 15 is 0 Å². The van der Waals surface area contributed by atoms with Crippen LogP contribution in [0.5, 0.6) is 5.75 Å². The Bertz CT molecular complexity index is 785. The first-order valence-electron chi connectivity index (χ1n) is 16.3. The minimum Gasteiger partial charge on any atom is -0.545 e. The number of carboxylic acids is 1. The van der Waals surface area contributed by atoms with Crippen LogP contribution in [0.2, 0.25) is 0 Å². The summed E-state index contributed by atoms with van der Waals surface area (Å²) in [6.45, 7) is 8.72. The zero-order valence-electron chi connectivity index (χ0n) is 27.9. The number of carboxylic acid groups (broad SMARTS) is 1. The second-order valence-electron chi connectivity index (χ2n) is 10.2. The van der Waals surface area contributed by atoms with Crippen molar-refractivity contribution in [3.63, 3.8) is 0 Å². The minimum absolute atomic E-state index is 0. The molecule has 11 nitrogen and oxygen atoms in total. The van der Waals surface area contributed by atoms with E-state index in [4.69, 9.17) is 43.0 Å². The Balaban J connectivity index is 0.0000194. The average molecular weight is 763 g/mol. The van der Waals surface area contributed by atoms with Crippen LogP contribution in [-0.4, -0.2) is 117 Å². The molecule has 256 valence electrons. The summed E-state index contributed by atoms with van der Waals surface area (Å²) >= 11 is 0. The average Bonchev–Trinajstić information content (AvgIpc) is 3.03. The maximum atomic E-state index is 11.6. The van der Waals surface area contributed by atoms with Gasteiger partial charge in [-0.3, -0.25) is 0 Å². The van der Waals surface area contributed by atoms with Gasteiger partial charge in [-0.15, -0.1) is 0 Å². The summed E-state index contributed by atoms with van der Waals surface area (Å²) in [6, 6.07) is 5.31. The first-order valence-corrected chi connectivity index (χ1v) is 16.3. The fourth-order valence-corrected chi connectivity index (χ4v) is 4.18.